The highest BCUT2D eigenvalue weighted by Gasteiger charge is 2.13. The Bertz CT molecular complexity index is 707. The quantitative estimate of drug-likeness (QED) is 0.690. The van der Waals surface area contributed by atoms with Crippen molar-refractivity contribution in [3.63, 3.8) is 0 Å². The van der Waals surface area contributed by atoms with Crippen LogP contribution in [-0.4, -0.2) is 47.9 Å². The zero-order chi connectivity index (χ0) is 18.4. The molecule has 2 aromatic rings. The number of hydrogen-bond donors (Lipinski definition) is 0. The van der Waals surface area contributed by atoms with Gasteiger partial charge in [-0.15, -0.1) is 0 Å². The fraction of sp³-hybridized carbons (Fsp3) is 0.474. The van der Waals surface area contributed by atoms with Gasteiger partial charge in [0.1, 0.15) is 18.0 Å². The Morgan fingerprint density at radius 1 is 1.16 bits per heavy atom. The number of carbonyl (C=O) groups excluding carboxylic acids is 1. The van der Waals surface area contributed by atoms with E-state index in [0.29, 0.717) is 13.2 Å². The molecule has 6 nitrogen and oxygen atoms in total. The fourth-order valence-electron chi connectivity index (χ4n) is 2.48. The largest absolute Gasteiger partial charge is 0.497 e. The van der Waals surface area contributed by atoms with Gasteiger partial charge < -0.3 is 14.4 Å². The lowest BCUT2D eigenvalue weighted by Gasteiger charge is -2.18. The van der Waals surface area contributed by atoms with Crippen LogP contribution in [0.4, 0.5) is 0 Å². The molecule has 0 spiro atoms. The molecule has 0 aliphatic heterocycles. The summed E-state index contributed by atoms with van der Waals surface area (Å²) >= 11 is 0. The molecule has 136 valence electrons. The number of ether oxygens (including phenoxy) is 2. The highest BCUT2D eigenvalue weighted by molar-refractivity contribution is 5.75. The Labute approximate surface area is 149 Å². The van der Waals surface area contributed by atoms with Crippen LogP contribution in [0.25, 0.3) is 0 Å². The van der Waals surface area contributed by atoms with Crippen molar-refractivity contribution in [2.45, 2.75) is 33.7 Å². The predicted molar refractivity (Wildman–Crippen MR) is 97.2 cm³/mol. The molecule has 1 aromatic heterocycles. The van der Waals surface area contributed by atoms with Crippen LogP contribution in [0, 0.1) is 20.8 Å². The van der Waals surface area contributed by atoms with E-state index in [1.54, 1.807) is 16.7 Å². The summed E-state index contributed by atoms with van der Waals surface area (Å²) in [4.78, 5) is 14.1. The van der Waals surface area contributed by atoms with E-state index in [1.807, 2.05) is 52.1 Å². The van der Waals surface area contributed by atoms with Gasteiger partial charge in [0, 0.05) is 19.3 Å². The van der Waals surface area contributed by atoms with E-state index in [9.17, 15) is 4.79 Å². The van der Waals surface area contributed by atoms with Crippen molar-refractivity contribution in [3.05, 3.63) is 41.2 Å². The number of rotatable bonds is 8. The van der Waals surface area contributed by atoms with Crippen LogP contribution in [-0.2, 0) is 11.3 Å². The molecule has 0 saturated carbocycles. The number of aryl methyl sites for hydroxylation is 1. The van der Waals surface area contributed by atoms with Gasteiger partial charge in [0.05, 0.1) is 19.4 Å². The summed E-state index contributed by atoms with van der Waals surface area (Å²) in [7, 11) is 3.45. The summed E-state index contributed by atoms with van der Waals surface area (Å²) in [5, 5.41) is 4.42. The highest BCUT2D eigenvalue weighted by Crippen LogP contribution is 2.17. The average molecular weight is 345 g/mol. The first kappa shape index (κ1) is 18.8. The fourth-order valence-corrected chi connectivity index (χ4v) is 2.48. The zero-order valence-corrected chi connectivity index (χ0v) is 15.7. The van der Waals surface area contributed by atoms with Crippen LogP contribution in [0.3, 0.4) is 0 Å². The molecule has 0 bridgehead atoms. The molecule has 0 aliphatic carbocycles. The number of hydrogen-bond acceptors (Lipinski definition) is 4. The number of likely N-dealkylation sites (N-methyl/N-ethyl adjacent to an activating group) is 1. The third-order valence-electron chi connectivity index (χ3n) is 4.42. The van der Waals surface area contributed by atoms with Crippen LogP contribution < -0.4 is 9.47 Å². The summed E-state index contributed by atoms with van der Waals surface area (Å²) < 4.78 is 12.6. The molecule has 2 rings (SSSR count). The second-order valence-corrected chi connectivity index (χ2v) is 6.15. The number of aromatic nitrogens is 2. The van der Waals surface area contributed by atoms with E-state index < -0.39 is 0 Å². The zero-order valence-electron chi connectivity index (χ0n) is 15.7. The van der Waals surface area contributed by atoms with Crippen molar-refractivity contribution in [3.8, 4) is 11.5 Å². The molecule has 6 heteroatoms. The van der Waals surface area contributed by atoms with Gasteiger partial charge in [-0.2, -0.15) is 5.10 Å². The molecule has 0 aliphatic rings. The Hall–Kier alpha value is -2.50. The van der Waals surface area contributed by atoms with Crippen molar-refractivity contribution in [2.75, 3.05) is 27.3 Å². The molecule has 0 atom stereocenters. The topological polar surface area (TPSA) is 56.6 Å². The standard InChI is InChI=1S/C19H27N3O3/c1-14-15(2)20-22(16(14)3)13-19(23)21(4)11-6-12-25-18-9-7-17(24-5)8-10-18/h7-10H,6,11-13H2,1-5H3. The molecule has 0 N–H and O–H groups in total. The van der Waals surface area contributed by atoms with Crippen molar-refractivity contribution < 1.29 is 14.3 Å². The summed E-state index contributed by atoms with van der Waals surface area (Å²) in [6, 6.07) is 7.47. The first-order valence-corrected chi connectivity index (χ1v) is 8.43. The average Bonchev–Trinajstić information content (AvgIpc) is 2.85. The molecule has 0 unspecified atom stereocenters. The maximum Gasteiger partial charge on any atom is 0.244 e. The van der Waals surface area contributed by atoms with Crippen LogP contribution >= 0.6 is 0 Å². The van der Waals surface area contributed by atoms with Crippen molar-refractivity contribution in [1.82, 2.24) is 14.7 Å². The molecule has 1 amide bonds. The van der Waals surface area contributed by atoms with Gasteiger partial charge in [-0.05, 0) is 57.0 Å². The minimum Gasteiger partial charge on any atom is -0.497 e. The second kappa shape index (κ2) is 8.55. The summed E-state index contributed by atoms with van der Waals surface area (Å²) in [5.74, 6) is 1.65. The first-order chi connectivity index (χ1) is 11.9. The monoisotopic (exact) mass is 345 g/mol. The molecule has 25 heavy (non-hydrogen) atoms. The van der Waals surface area contributed by atoms with Gasteiger partial charge >= 0.3 is 0 Å². The maximum absolute atomic E-state index is 12.3. The second-order valence-electron chi connectivity index (χ2n) is 6.15. The van der Waals surface area contributed by atoms with Crippen molar-refractivity contribution >= 4 is 5.91 Å². The lowest BCUT2D eigenvalue weighted by atomic mass is 10.2. The van der Waals surface area contributed by atoms with E-state index in [0.717, 1.165) is 34.9 Å². The van der Waals surface area contributed by atoms with E-state index in [1.165, 1.54) is 0 Å². The molecule has 0 saturated heterocycles. The molecule has 0 radical (unpaired) electrons. The van der Waals surface area contributed by atoms with Gasteiger partial charge in [0.15, 0.2) is 0 Å². The lowest BCUT2D eigenvalue weighted by molar-refractivity contribution is -0.130. The van der Waals surface area contributed by atoms with Gasteiger partial charge in [0.2, 0.25) is 5.91 Å². The lowest BCUT2D eigenvalue weighted by Crippen LogP contribution is -2.32. The Balaban J connectivity index is 1.74. The van der Waals surface area contributed by atoms with Crippen LogP contribution in [0.2, 0.25) is 0 Å². The number of nitrogens with zero attached hydrogens (tertiary/aromatic N) is 3. The summed E-state index contributed by atoms with van der Waals surface area (Å²) in [6.45, 7) is 7.46. The number of amides is 1. The van der Waals surface area contributed by atoms with E-state index in [2.05, 4.69) is 5.10 Å². The number of carbonyl (C=O) groups is 1. The molecular weight excluding hydrogens is 318 g/mol. The number of methoxy groups -OCH3 is 1. The van der Waals surface area contributed by atoms with E-state index in [-0.39, 0.29) is 12.5 Å². The molecule has 1 aromatic carbocycles. The number of benzene rings is 1. The summed E-state index contributed by atoms with van der Waals surface area (Å²) in [6.07, 6.45) is 0.768. The Morgan fingerprint density at radius 3 is 2.36 bits per heavy atom. The Kier molecular flexibility index (Phi) is 6.44. The van der Waals surface area contributed by atoms with E-state index >= 15 is 0 Å². The third kappa shape index (κ3) is 4.98. The van der Waals surface area contributed by atoms with E-state index in [4.69, 9.17) is 9.47 Å². The first-order valence-electron chi connectivity index (χ1n) is 8.43. The van der Waals surface area contributed by atoms with Crippen molar-refractivity contribution in [2.24, 2.45) is 0 Å². The van der Waals surface area contributed by atoms with Gasteiger partial charge in [-0.1, -0.05) is 0 Å². The minimum atomic E-state index is 0.0510. The predicted octanol–water partition coefficient (Wildman–Crippen LogP) is 2.74. The van der Waals surface area contributed by atoms with Crippen LogP contribution in [0.15, 0.2) is 24.3 Å². The normalized spacial score (nSPS) is 10.6. The minimum absolute atomic E-state index is 0.0510. The maximum atomic E-state index is 12.3. The molecular formula is C19H27N3O3. The molecule has 0 fully saturated rings. The highest BCUT2D eigenvalue weighted by atomic mass is 16.5. The van der Waals surface area contributed by atoms with Gasteiger partial charge in [-0.3, -0.25) is 9.48 Å². The summed E-state index contributed by atoms with van der Waals surface area (Å²) in [5.41, 5.74) is 3.16. The van der Waals surface area contributed by atoms with Crippen molar-refractivity contribution in [1.29, 1.82) is 0 Å². The Morgan fingerprint density at radius 2 is 1.80 bits per heavy atom. The molecule has 1 heterocycles. The van der Waals surface area contributed by atoms with Crippen LogP contribution in [0.1, 0.15) is 23.4 Å². The SMILES string of the molecule is COc1ccc(OCCCN(C)C(=O)Cn2nc(C)c(C)c2C)cc1. The smallest absolute Gasteiger partial charge is 0.244 e. The van der Waals surface area contributed by atoms with Crippen LogP contribution in [0.5, 0.6) is 11.5 Å². The van der Waals surface area contributed by atoms with Gasteiger partial charge in [-0.25, -0.2) is 0 Å². The van der Waals surface area contributed by atoms with Gasteiger partial charge in [0.25, 0.3) is 0 Å². The third-order valence-corrected chi connectivity index (χ3v) is 4.42.